The second-order valence-electron chi connectivity index (χ2n) is 17.5. The summed E-state index contributed by atoms with van der Waals surface area (Å²) < 4.78 is 9.26. The number of fused-ring (bicyclic) bond motifs is 5. The van der Waals surface area contributed by atoms with E-state index in [0.717, 1.165) is 73.2 Å². The van der Waals surface area contributed by atoms with Crippen LogP contribution in [-0.2, 0) is 5.41 Å². The van der Waals surface area contributed by atoms with E-state index in [1.54, 1.807) is 0 Å². The summed E-state index contributed by atoms with van der Waals surface area (Å²) in [6, 6.07) is 50.5. The number of anilines is 3. The SMILES string of the molecule is CC(C)c1cccc(C(C)C)c1-n1c(-c2ccc3c(c2)B2c4cc(-c5cc(C(C)(C)C)ccn5)ccc4Oc4cccc(c42)N3c2ccccc2)nc2ccccc21. The molecule has 10 rings (SSSR count). The standard InChI is InChI=1S/C52H47BN4O/c1-32(2)38-17-13-18-39(33(3)4)50(38)57-45-20-12-11-19-42(45)55-51(57)35-23-25-44-40(30-35)53-41-29-34(43-31-36(27-28-54-43)52(5,6)7)24-26-47(41)58-48-22-14-21-46(49(48)53)56(44)37-15-9-8-10-16-37/h8-33H,1-7H3. The molecule has 0 N–H and O–H groups in total. The molecule has 2 aliphatic rings. The van der Waals surface area contributed by atoms with E-state index in [9.17, 15) is 0 Å². The van der Waals surface area contributed by atoms with Crippen LogP contribution in [-0.4, -0.2) is 21.2 Å². The smallest absolute Gasteiger partial charge is 0.256 e. The summed E-state index contributed by atoms with van der Waals surface area (Å²) in [6.07, 6.45) is 1.94. The van der Waals surface area contributed by atoms with Crippen LogP contribution in [0.1, 0.15) is 77.0 Å². The van der Waals surface area contributed by atoms with Crippen molar-refractivity contribution in [2.45, 2.75) is 65.7 Å². The minimum atomic E-state index is -0.0948. The van der Waals surface area contributed by atoms with E-state index < -0.39 is 0 Å². The Morgan fingerprint density at radius 3 is 2.09 bits per heavy atom. The second kappa shape index (κ2) is 13.6. The fraction of sp³-hybridized carbons (Fsp3) is 0.192. The van der Waals surface area contributed by atoms with Crippen molar-refractivity contribution in [2.24, 2.45) is 0 Å². The van der Waals surface area contributed by atoms with Crippen LogP contribution in [0.15, 0.2) is 146 Å². The van der Waals surface area contributed by atoms with Crippen LogP contribution in [0, 0.1) is 0 Å². The number of imidazole rings is 1. The first-order valence-corrected chi connectivity index (χ1v) is 20.6. The first-order chi connectivity index (χ1) is 28.1. The highest BCUT2D eigenvalue weighted by molar-refractivity contribution is 6.99. The van der Waals surface area contributed by atoms with E-state index >= 15 is 0 Å². The van der Waals surface area contributed by atoms with Gasteiger partial charge >= 0.3 is 0 Å². The maximum absolute atomic E-state index is 6.83. The zero-order valence-corrected chi connectivity index (χ0v) is 34.3. The topological polar surface area (TPSA) is 43.2 Å². The molecule has 5 nitrogen and oxygen atoms in total. The maximum Gasteiger partial charge on any atom is 0.256 e. The van der Waals surface area contributed by atoms with Crippen LogP contribution in [0.2, 0.25) is 0 Å². The molecule has 2 aliphatic heterocycles. The Balaban J connectivity index is 1.24. The van der Waals surface area contributed by atoms with E-state index in [0.29, 0.717) is 11.8 Å². The van der Waals surface area contributed by atoms with Gasteiger partial charge in [0, 0.05) is 28.8 Å². The Morgan fingerprint density at radius 2 is 1.33 bits per heavy atom. The van der Waals surface area contributed by atoms with Crippen LogP contribution >= 0.6 is 0 Å². The lowest BCUT2D eigenvalue weighted by molar-refractivity contribution is 0.487. The molecule has 6 aromatic carbocycles. The number of hydrogen-bond acceptors (Lipinski definition) is 4. The van der Waals surface area contributed by atoms with E-state index in [-0.39, 0.29) is 12.1 Å². The average Bonchev–Trinajstić information content (AvgIpc) is 3.62. The Bertz CT molecular complexity index is 2860. The molecule has 0 unspecified atom stereocenters. The van der Waals surface area contributed by atoms with E-state index in [1.807, 2.05) is 6.20 Å². The molecule has 58 heavy (non-hydrogen) atoms. The Hall–Kier alpha value is -6.40. The molecule has 0 radical (unpaired) electrons. The highest BCUT2D eigenvalue weighted by atomic mass is 16.5. The van der Waals surface area contributed by atoms with Crippen molar-refractivity contribution in [1.82, 2.24) is 14.5 Å². The molecule has 4 heterocycles. The van der Waals surface area contributed by atoms with E-state index in [2.05, 4.69) is 197 Å². The van der Waals surface area contributed by atoms with Crippen LogP contribution in [0.25, 0.3) is 39.4 Å². The fourth-order valence-electron chi connectivity index (χ4n) is 9.11. The van der Waals surface area contributed by atoms with Crippen molar-refractivity contribution in [3.05, 3.63) is 162 Å². The number of benzene rings is 6. The molecule has 0 bridgehead atoms. The predicted molar refractivity (Wildman–Crippen MR) is 242 cm³/mol. The normalized spacial score (nSPS) is 13.1. The van der Waals surface area contributed by atoms with Crippen molar-refractivity contribution < 1.29 is 4.74 Å². The summed E-state index contributed by atoms with van der Waals surface area (Å²) in [6.45, 7) is 15.8. The van der Waals surface area contributed by atoms with Gasteiger partial charge < -0.3 is 9.64 Å². The van der Waals surface area contributed by atoms with Gasteiger partial charge in [-0.05, 0) is 129 Å². The van der Waals surface area contributed by atoms with Crippen LogP contribution < -0.4 is 26.0 Å². The van der Waals surface area contributed by atoms with Crippen molar-refractivity contribution in [1.29, 1.82) is 0 Å². The summed E-state index contributed by atoms with van der Waals surface area (Å²) in [5, 5.41) is 0. The third-order valence-corrected chi connectivity index (χ3v) is 12.0. The fourth-order valence-corrected chi connectivity index (χ4v) is 9.11. The van der Waals surface area contributed by atoms with Crippen LogP contribution in [0.4, 0.5) is 17.1 Å². The molecule has 0 amide bonds. The lowest BCUT2D eigenvalue weighted by Gasteiger charge is -2.40. The van der Waals surface area contributed by atoms with Gasteiger partial charge in [-0.25, -0.2) is 4.98 Å². The third kappa shape index (κ3) is 5.76. The molecule has 6 heteroatoms. The summed E-state index contributed by atoms with van der Waals surface area (Å²) in [5.74, 6) is 3.34. The Morgan fingerprint density at radius 1 is 0.621 bits per heavy atom. The monoisotopic (exact) mass is 754 g/mol. The molecule has 0 fully saturated rings. The van der Waals surface area contributed by atoms with Crippen LogP contribution in [0.5, 0.6) is 11.5 Å². The van der Waals surface area contributed by atoms with Gasteiger partial charge in [0.1, 0.15) is 17.3 Å². The lowest BCUT2D eigenvalue weighted by Crippen LogP contribution is -2.59. The lowest BCUT2D eigenvalue weighted by atomic mass is 9.34. The van der Waals surface area contributed by atoms with Crippen molar-refractivity contribution in [2.75, 3.05) is 4.90 Å². The Kier molecular flexibility index (Phi) is 8.45. The number of ether oxygens (including phenoxy) is 1. The van der Waals surface area contributed by atoms with Gasteiger partial charge in [0.15, 0.2) is 0 Å². The first kappa shape index (κ1) is 36.0. The van der Waals surface area contributed by atoms with Gasteiger partial charge in [0.2, 0.25) is 0 Å². The van der Waals surface area contributed by atoms with Crippen molar-refractivity contribution in [3.8, 4) is 39.8 Å². The number of hydrogen-bond donors (Lipinski definition) is 0. The largest absolute Gasteiger partial charge is 0.458 e. The summed E-state index contributed by atoms with van der Waals surface area (Å²) in [5.41, 5.74) is 17.2. The summed E-state index contributed by atoms with van der Waals surface area (Å²) >= 11 is 0. The van der Waals surface area contributed by atoms with E-state index in [1.165, 1.54) is 27.8 Å². The molecule has 0 saturated carbocycles. The number of aromatic nitrogens is 3. The molecule has 284 valence electrons. The van der Waals surface area contributed by atoms with Gasteiger partial charge in [-0.3, -0.25) is 9.55 Å². The predicted octanol–water partition coefficient (Wildman–Crippen LogP) is 11.7. The van der Waals surface area contributed by atoms with Crippen molar-refractivity contribution in [3.63, 3.8) is 0 Å². The zero-order chi connectivity index (χ0) is 39.9. The van der Waals surface area contributed by atoms with Gasteiger partial charge in [-0.1, -0.05) is 115 Å². The number of rotatable bonds is 6. The molecule has 0 atom stereocenters. The summed E-state index contributed by atoms with van der Waals surface area (Å²) in [4.78, 5) is 12.7. The molecule has 2 aromatic heterocycles. The minimum Gasteiger partial charge on any atom is -0.458 e. The molecule has 8 aromatic rings. The molecule has 0 aliphatic carbocycles. The molecular formula is C52H47BN4O. The molecule has 0 saturated heterocycles. The minimum absolute atomic E-state index is 0.00454. The summed E-state index contributed by atoms with van der Waals surface area (Å²) in [7, 11) is 0. The maximum atomic E-state index is 6.83. The third-order valence-electron chi connectivity index (χ3n) is 12.0. The van der Waals surface area contributed by atoms with Gasteiger partial charge in [0.25, 0.3) is 6.71 Å². The second-order valence-corrected chi connectivity index (χ2v) is 17.5. The number of para-hydroxylation sites is 4. The molecular weight excluding hydrogens is 707 g/mol. The first-order valence-electron chi connectivity index (χ1n) is 20.6. The van der Waals surface area contributed by atoms with Gasteiger partial charge in [-0.15, -0.1) is 0 Å². The average molecular weight is 755 g/mol. The highest BCUT2D eigenvalue weighted by Crippen LogP contribution is 2.43. The molecule has 0 spiro atoms. The van der Waals surface area contributed by atoms with E-state index in [4.69, 9.17) is 14.7 Å². The van der Waals surface area contributed by atoms with Gasteiger partial charge in [0.05, 0.1) is 22.4 Å². The number of nitrogens with zero attached hydrogens (tertiary/aromatic N) is 4. The number of pyridine rings is 1. The quantitative estimate of drug-likeness (QED) is 0.159. The van der Waals surface area contributed by atoms with Crippen LogP contribution in [0.3, 0.4) is 0 Å². The zero-order valence-electron chi connectivity index (χ0n) is 34.3. The highest BCUT2D eigenvalue weighted by Gasteiger charge is 2.42. The Labute approximate surface area is 342 Å². The van der Waals surface area contributed by atoms with Crippen molar-refractivity contribution >= 4 is 51.2 Å². The van der Waals surface area contributed by atoms with Gasteiger partial charge in [-0.2, -0.15) is 0 Å².